The van der Waals surface area contributed by atoms with Crippen LogP contribution in [0.2, 0.25) is 0 Å². The summed E-state index contributed by atoms with van der Waals surface area (Å²) in [5, 5.41) is 18.0. The van der Waals surface area contributed by atoms with E-state index in [1.165, 1.54) is 12.4 Å². The molecule has 1 atom stereocenters. The zero-order valence-electron chi connectivity index (χ0n) is 14.1. The topological polar surface area (TPSA) is 103 Å². The molecule has 1 aromatic heterocycles. The lowest BCUT2D eigenvalue weighted by Gasteiger charge is -2.15. The summed E-state index contributed by atoms with van der Waals surface area (Å²) in [4.78, 5) is 26.7. The standard InChI is InChI=1S/C18H17N5O3/c1-13(14-6-8-16(9-7-14)22-12-19-11-20-22)21-18(24)10-15-4-2-3-5-17(15)23(25)26/h2-9,11-13H,10H2,1H3,(H,21,24). The summed E-state index contributed by atoms with van der Waals surface area (Å²) >= 11 is 0. The van der Waals surface area contributed by atoms with Crippen LogP contribution in [0.5, 0.6) is 0 Å². The molecule has 0 aliphatic rings. The third-order valence-electron chi connectivity index (χ3n) is 3.99. The van der Waals surface area contributed by atoms with Crippen LogP contribution >= 0.6 is 0 Å². The number of nitrogens with one attached hydrogen (secondary N) is 1. The van der Waals surface area contributed by atoms with Crippen molar-refractivity contribution in [2.45, 2.75) is 19.4 Å². The molecule has 0 aliphatic carbocycles. The van der Waals surface area contributed by atoms with Gasteiger partial charge in [-0.2, -0.15) is 5.10 Å². The van der Waals surface area contributed by atoms with E-state index in [1.807, 2.05) is 31.2 Å². The van der Waals surface area contributed by atoms with Crippen LogP contribution in [0.3, 0.4) is 0 Å². The minimum Gasteiger partial charge on any atom is -0.349 e. The lowest BCUT2D eigenvalue weighted by molar-refractivity contribution is -0.385. The highest BCUT2D eigenvalue weighted by molar-refractivity contribution is 5.80. The Balaban J connectivity index is 1.65. The summed E-state index contributed by atoms with van der Waals surface area (Å²) < 4.78 is 1.64. The molecule has 1 N–H and O–H groups in total. The number of benzene rings is 2. The van der Waals surface area contributed by atoms with Crippen LogP contribution in [-0.4, -0.2) is 25.6 Å². The third kappa shape index (κ3) is 3.92. The van der Waals surface area contributed by atoms with Gasteiger partial charge in [0.1, 0.15) is 12.7 Å². The van der Waals surface area contributed by atoms with E-state index in [2.05, 4.69) is 15.4 Å². The van der Waals surface area contributed by atoms with Crippen molar-refractivity contribution in [2.24, 2.45) is 0 Å². The van der Waals surface area contributed by atoms with Crippen molar-refractivity contribution < 1.29 is 9.72 Å². The van der Waals surface area contributed by atoms with Crippen LogP contribution < -0.4 is 5.32 Å². The van der Waals surface area contributed by atoms with E-state index in [-0.39, 0.29) is 24.1 Å². The molecule has 0 bridgehead atoms. The van der Waals surface area contributed by atoms with Crippen molar-refractivity contribution in [3.05, 3.63) is 82.4 Å². The normalized spacial score (nSPS) is 11.7. The highest BCUT2D eigenvalue weighted by Gasteiger charge is 2.17. The first kappa shape index (κ1) is 17.3. The van der Waals surface area contributed by atoms with Crippen molar-refractivity contribution in [1.29, 1.82) is 0 Å². The van der Waals surface area contributed by atoms with Gasteiger partial charge < -0.3 is 5.32 Å². The maximum Gasteiger partial charge on any atom is 0.273 e. The van der Waals surface area contributed by atoms with E-state index in [1.54, 1.807) is 29.2 Å². The number of hydrogen-bond acceptors (Lipinski definition) is 5. The molecule has 3 rings (SSSR count). The molecule has 0 saturated heterocycles. The van der Waals surface area contributed by atoms with E-state index in [9.17, 15) is 14.9 Å². The Morgan fingerprint density at radius 3 is 2.62 bits per heavy atom. The van der Waals surface area contributed by atoms with Crippen LogP contribution in [0, 0.1) is 10.1 Å². The molecule has 26 heavy (non-hydrogen) atoms. The Bertz CT molecular complexity index is 907. The summed E-state index contributed by atoms with van der Waals surface area (Å²) in [7, 11) is 0. The van der Waals surface area contributed by atoms with E-state index >= 15 is 0 Å². The van der Waals surface area contributed by atoms with Crippen molar-refractivity contribution in [3.63, 3.8) is 0 Å². The molecule has 1 unspecified atom stereocenters. The van der Waals surface area contributed by atoms with E-state index in [0.717, 1.165) is 11.3 Å². The fourth-order valence-electron chi connectivity index (χ4n) is 2.64. The molecule has 0 spiro atoms. The molecule has 3 aromatic rings. The van der Waals surface area contributed by atoms with Gasteiger partial charge in [0.05, 0.1) is 23.1 Å². The zero-order valence-corrected chi connectivity index (χ0v) is 14.1. The van der Waals surface area contributed by atoms with Crippen LogP contribution in [0.15, 0.2) is 61.2 Å². The lowest BCUT2D eigenvalue weighted by Crippen LogP contribution is -2.28. The number of para-hydroxylation sites is 1. The van der Waals surface area contributed by atoms with Crippen LogP contribution in [0.25, 0.3) is 5.69 Å². The number of amides is 1. The number of nitro groups is 1. The largest absolute Gasteiger partial charge is 0.349 e. The van der Waals surface area contributed by atoms with Crippen LogP contribution in [0.4, 0.5) is 5.69 Å². The quantitative estimate of drug-likeness (QED) is 0.543. The van der Waals surface area contributed by atoms with Gasteiger partial charge in [-0.1, -0.05) is 30.3 Å². The number of nitro benzene ring substituents is 1. The van der Waals surface area contributed by atoms with Crippen molar-refractivity contribution >= 4 is 11.6 Å². The van der Waals surface area contributed by atoms with Crippen molar-refractivity contribution in [3.8, 4) is 5.69 Å². The van der Waals surface area contributed by atoms with Gasteiger partial charge in [-0.25, -0.2) is 9.67 Å². The molecular weight excluding hydrogens is 334 g/mol. The molecule has 1 heterocycles. The Kier molecular flexibility index (Phi) is 5.02. The predicted molar refractivity (Wildman–Crippen MR) is 94.7 cm³/mol. The van der Waals surface area contributed by atoms with E-state index in [4.69, 9.17) is 0 Å². The van der Waals surface area contributed by atoms with Gasteiger partial charge in [-0.05, 0) is 24.6 Å². The molecule has 8 heteroatoms. The molecule has 0 saturated carbocycles. The molecule has 0 fully saturated rings. The monoisotopic (exact) mass is 351 g/mol. The van der Waals surface area contributed by atoms with Gasteiger partial charge in [0, 0.05) is 11.6 Å². The van der Waals surface area contributed by atoms with E-state index < -0.39 is 4.92 Å². The van der Waals surface area contributed by atoms with Crippen LogP contribution in [0.1, 0.15) is 24.1 Å². The minimum atomic E-state index is -0.477. The summed E-state index contributed by atoms with van der Waals surface area (Å²) in [6, 6.07) is 13.6. The van der Waals surface area contributed by atoms with Gasteiger partial charge in [0.25, 0.3) is 5.69 Å². The fourth-order valence-corrected chi connectivity index (χ4v) is 2.64. The summed E-state index contributed by atoms with van der Waals surface area (Å²) in [5.74, 6) is -0.271. The first-order valence-electron chi connectivity index (χ1n) is 8.01. The summed E-state index contributed by atoms with van der Waals surface area (Å²) in [6.07, 6.45) is 3.02. The van der Waals surface area contributed by atoms with E-state index in [0.29, 0.717) is 5.56 Å². The molecule has 2 aromatic carbocycles. The zero-order chi connectivity index (χ0) is 18.5. The number of rotatable bonds is 6. The highest BCUT2D eigenvalue weighted by Crippen LogP contribution is 2.19. The minimum absolute atomic E-state index is 0.0431. The average molecular weight is 351 g/mol. The molecule has 0 aliphatic heterocycles. The van der Waals surface area contributed by atoms with Gasteiger partial charge in [0.15, 0.2) is 0 Å². The van der Waals surface area contributed by atoms with Crippen molar-refractivity contribution in [1.82, 2.24) is 20.1 Å². The number of hydrogen-bond donors (Lipinski definition) is 1. The summed E-state index contributed by atoms with van der Waals surface area (Å²) in [6.45, 7) is 1.86. The second-order valence-corrected chi connectivity index (χ2v) is 5.78. The fraction of sp³-hybridized carbons (Fsp3) is 0.167. The van der Waals surface area contributed by atoms with Crippen LogP contribution in [-0.2, 0) is 11.2 Å². The predicted octanol–water partition coefficient (Wildman–Crippen LogP) is 2.60. The van der Waals surface area contributed by atoms with Gasteiger partial charge in [-0.3, -0.25) is 14.9 Å². The Hall–Kier alpha value is -3.55. The lowest BCUT2D eigenvalue weighted by atomic mass is 10.1. The van der Waals surface area contributed by atoms with Gasteiger partial charge in [-0.15, -0.1) is 0 Å². The highest BCUT2D eigenvalue weighted by atomic mass is 16.6. The molecule has 8 nitrogen and oxygen atoms in total. The Morgan fingerprint density at radius 1 is 1.23 bits per heavy atom. The Morgan fingerprint density at radius 2 is 1.96 bits per heavy atom. The number of aromatic nitrogens is 3. The Labute approximate surface area is 149 Å². The second kappa shape index (κ2) is 7.56. The number of carbonyl (C=O) groups excluding carboxylic acids is 1. The SMILES string of the molecule is CC(NC(=O)Cc1ccccc1[N+](=O)[O-])c1ccc(-n2cncn2)cc1. The second-order valence-electron chi connectivity index (χ2n) is 5.78. The maximum atomic E-state index is 12.3. The average Bonchev–Trinajstić information content (AvgIpc) is 3.16. The molecule has 0 radical (unpaired) electrons. The third-order valence-corrected chi connectivity index (χ3v) is 3.99. The number of nitrogens with zero attached hydrogens (tertiary/aromatic N) is 4. The van der Waals surface area contributed by atoms with Gasteiger partial charge >= 0.3 is 0 Å². The van der Waals surface area contributed by atoms with Gasteiger partial charge in [0.2, 0.25) is 5.91 Å². The first-order valence-corrected chi connectivity index (χ1v) is 8.01. The maximum absolute atomic E-state index is 12.3. The number of carbonyl (C=O) groups is 1. The first-order chi connectivity index (χ1) is 12.5. The molecular formula is C18H17N5O3. The smallest absolute Gasteiger partial charge is 0.273 e. The molecule has 132 valence electrons. The molecule has 1 amide bonds. The van der Waals surface area contributed by atoms with Crippen molar-refractivity contribution in [2.75, 3.05) is 0 Å². The summed E-state index contributed by atoms with van der Waals surface area (Å²) in [5.41, 5.74) is 2.13.